The second-order valence-electron chi connectivity index (χ2n) is 8.96. The van der Waals surface area contributed by atoms with Crippen LogP contribution in [0.3, 0.4) is 0 Å². The highest BCUT2D eigenvalue weighted by molar-refractivity contribution is 5.78. The number of nitrogens with two attached hydrogens (primary N) is 1. The molecular weight excluding hydrogens is 428 g/mol. The van der Waals surface area contributed by atoms with Gasteiger partial charge in [-0.05, 0) is 73.1 Å². The van der Waals surface area contributed by atoms with Crippen LogP contribution in [0.25, 0.3) is 11.1 Å². The lowest BCUT2D eigenvalue weighted by atomic mass is 9.90. The second kappa shape index (κ2) is 10.1. The van der Waals surface area contributed by atoms with Crippen LogP contribution in [0.15, 0.2) is 66.7 Å². The van der Waals surface area contributed by atoms with Gasteiger partial charge in [-0.1, -0.05) is 36.4 Å². The highest BCUT2D eigenvalue weighted by Crippen LogP contribution is 2.34. The number of carbonyl (C=O) groups excluding carboxylic acids is 1. The minimum absolute atomic E-state index is 0.0429. The van der Waals surface area contributed by atoms with Crippen LogP contribution in [-0.4, -0.2) is 37.3 Å². The zero-order valence-electron chi connectivity index (χ0n) is 19.2. The number of nitrogen functional groups attached to an aromatic ring is 1. The van der Waals surface area contributed by atoms with Crippen molar-refractivity contribution in [2.75, 3.05) is 32.2 Å². The number of fused-ring (bicyclic) bond motifs is 1. The number of piperidine rings is 1. The van der Waals surface area contributed by atoms with E-state index in [1.165, 1.54) is 5.56 Å². The van der Waals surface area contributed by atoms with E-state index in [0.29, 0.717) is 18.5 Å². The summed E-state index contributed by atoms with van der Waals surface area (Å²) in [5.74, 6) is 3.05. The number of hydrogen-bond donors (Lipinski definition) is 1. The molecular formula is C28H30N2O4. The highest BCUT2D eigenvalue weighted by atomic mass is 16.7. The van der Waals surface area contributed by atoms with Crippen LogP contribution in [0.1, 0.15) is 24.8 Å². The van der Waals surface area contributed by atoms with Gasteiger partial charge in [-0.25, -0.2) is 0 Å². The Hall–Kier alpha value is -3.67. The van der Waals surface area contributed by atoms with Gasteiger partial charge in [0.25, 0.3) is 5.91 Å². The van der Waals surface area contributed by atoms with Crippen molar-refractivity contribution in [3.05, 3.63) is 72.3 Å². The molecule has 2 N–H and O–H groups in total. The number of aryl methyl sites for hydroxylation is 1. The lowest BCUT2D eigenvalue weighted by Gasteiger charge is -2.32. The van der Waals surface area contributed by atoms with E-state index in [1.807, 2.05) is 59.5 Å². The third kappa shape index (κ3) is 5.11. The highest BCUT2D eigenvalue weighted by Gasteiger charge is 2.23. The smallest absolute Gasteiger partial charge is 0.260 e. The third-order valence-electron chi connectivity index (χ3n) is 6.71. The van der Waals surface area contributed by atoms with Crippen molar-refractivity contribution in [2.45, 2.75) is 25.7 Å². The largest absolute Gasteiger partial charge is 0.483 e. The molecule has 1 fully saturated rings. The van der Waals surface area contributed by atoms with Crippen LogP contribution < -0.4 is 19.9 Å². The lowest BCUT2D eigenvalue weighted by Crippen LogP contribution is -2.41. The summed E-state index contributed by atoms with van der Waals surface area (Å²) in [6.45, 7) is 1.93. The second-order valence-corrected chi connectivity index (χ2v) is 8.96. The first kappa shape index (κ1) is 22.1. The van der Waals surface area contributed by atoms with Crippen molar-refractivity contribution in [2.24, 2.45) is 5.92 Å². The SMILES string of the molecule is Nc1ccc(-c2ccccc2OCC(=O)N2CCC(CCc3ccc4c(c3)OCO4)CC2)cc1. The van der Waals surface area contributed by atoms with E-state index < -0.39 is 0 Å². The minimum atomic E-state index is 0.0429. The predicted molar refractivity (Wildman–Crippen MR) is 132 cm³/mol. The molecule has 34 heavy (non-hydrogen) atoms. The number of carbonyl (C=O) groups is 1. The van der Waals surface area contributed by atoms with Crippen molar-refractivity contribution in [1.29, 1.82) is 0 Å². The fourth-order valence-corrected chi connectivity index (χ4v) is 4.66. The first-order valence-electron chi connectivity index (χ1n) is 11.9. The van der Waals surface area contributed by atoms with Gasteiger partial charge in [0, 0.05) is 24.3 Å². The van der Waals surface area contributed by atoms with Gasteiger partial charge in [-0.3, -0.25) is 4.79 Å². The summed E-state index contributed by atoms with van der Waals surface area (Å²) in [6, 6.07) is 21.7. The van der Waals surface area contributed by atoms with E-state index in [4.69, 9.17) is 19.9 Å². The van der Waals surface area contributed by atoms with E-state index in [0.717, 1.165) is 67.1 Å². The molecule has 1 saturated heterocycles. The monoisotopic (exact) mass is 458 g/mol. The normalized spacial score (nSPS) is 15.4. The zero-order valence-corrected chi connectivity index (χ0v) is 19.2. The molecule has 6 heteroatoms. The molecule has 5 rings (SSSR count). The van der Waals surface area contributed by atoms with Crippen LogP contribution in [-0.2, 0) is 11.2 Å². The van der Waals surface area contributed by atoms with E-state index in [9.17, 15) is 4.79 Å². The van der Waals surface area contributed by atoms with Gasteiger partial charge in [0.2, 0.25) is 6.79 Å². The van der Waals surface area contributed by atoms with Gasteiger partial charge in [0.1, 0.15) is 5.75 Å². The number of rotatable bonds is 7. The zero-order chi connectivity index (χ0) is 23.3. The average molecular weight is 459 g/mol. The van der Waals surface area contributed by atoms with Gasteiger partial charge in [-0.2, -0.15) is 0 Å². The molecule has 0 aromatic heterocycles. The fourth-order valence-electron chi connectivity index (χ4n) is 4.66. The standard InChI is InChI=1S/C28H30N2O4/c29-23-10-8-22(9-11-23)24-3-1-2-4-25(24)32-18-28(31)30-15-13-20(14-16-30)5-6-21-7-12-26-27(17-21)34-19-33-26/h1-4,7-12,17,20H,5-6,13-16,18-19,29H2. The molecule has 0 spiro atoms. The third-order valence-corrected chi connectivity index (χ3v) is 6.71. The van der Waals surface area contributed by atoms with Crippen LogP contribution in [0.5, 0.6) is 17.2 Å². The Morgan fingerprint density at radius 1 is 0.971 bits per heavy atom. The Labute approximate surface area is 200 Å². The molecule has 2 aliphatic heterocycles. The number of likely N-dealkylation sites (tertiary alicyclic amines) is 1. The average Bonchev–Trinajstić information content (AvgIpc) is 3.35. The number of amides is 1. The molecule has 0 saturated carbocycles. The van der Waals surface area contributed by atoms with Gasteiger partial charge < -0.3 is 24.8 Å². The van der Waals surface area contributed by atoms with Crippen LogP contribution >= 0.6 is 0 Å². The molecule has 0 radical (unpaired) electrons. The number of para-hydroxylation sites is 1. The van der Waals surface area contributed by atoms with Crippen LogP contribution in [0.4, 0.5) is 5.69 Å². The summed E-state index contributed by atoms with van der Waals surface area (Å²) in [7, 11) is 0. The first-order chi connectivity index (χ1) is 16.7. The summed E-state index contributed by atoms with van der Waals surface area (Å²) in [4.78, 5) is 14.8. The Morgan fingerprint density at radius 2 is 1.74 bits per heavy atom. The van der Waals surface area contributed by atoms with Gasteiger partial charge in [0.15, 0.2) is 18.1 Å². The van der Waals surface area contributed by atoms with Crippen molar-refractivity contribution >= 4 is 11.6 Å². The fraction of sp³-hybridized carbons (Fsp3) is 0.321. The van der Waals surface area contributed by atoms with Gasteiger partial charge >= 0.3 is 0 Å². The maximum Gasteiger partial charge on any atom is 0.260 e. The first-order valence-corrected chi connectivity index (χ1v) is 11.9. The van der Waals surface area contributed by atoms with Gasteiger partial charge in [0.05, 0.1) is 0 Å². The van der Waals surface area contributed by atoms with Crippen molar-refractivity contribution in [3.8, 4) is 28.4 Å². The van der Waals surface area contributed by atoms with Crippen molar-refractivity contribution in [3.63, 3.8) is 0 Å². The summed E-state index contributed by atoms with van der Waals surface area (Å²) < 4.78 is 16.8. The molecule has 0 atom stereocenters. The number of benzene rings is 3. The molecule has 3 aromatic carbocycles. The number of hydrogen-bond acceptors (Lipinski definition) is 5. The Morgan fingerprint density at radius 3 is 2.56 bits per heavy atom. The predicted octanol–water partition coefficient (Wildman–Crippen LogP) is 4.91. The number of nitrogens with zero attached hydrogens (tertiary/aromatic N) is 1. The molecule has 2 heterocycles. The van der Waals surface area contributed by atoms with Crippen LogP contribution in [0, 0.1) is 5.92 Å². The summed E-state index contributed by atoms with van der Waals surface area (Å²) in [5, 5.41) is 0. The topological polar surface area (TPSA) is 74.0 Å². The van der Waals surface area contributed by atoms with Crippen molar-refractivity contribution < 1.29 is 19.0 Å². The number of ether oxygens (including phenoxy) is 3. The molecule has 1 amide bonds. The van der Waals surface area contributed by atoms with Crippen molar-refractivity contribution in [1.82, 2.24) is 4.90 Å². The quantitative estimate of drug-likeness (QED) is 0.509. The maximum atomic E-state index is 12.8. The van der Waals surface area contributed by atoms with E-state index in [1.54, 1.807) is 0 Å². The molecule has 176 valence electrons. The number of anilines is 1. The molecule has 3 aromatic rings. The Balaban J connectivity index is 1.10. The van der Waals surface area contributed by atoms with Crippen LogP contribution in [0.2, 0.25) is 0 Å². The summed E-state index contributed by atoms with van der Waals surface area (Å²) in [6.07, 6.45) is 4.18. The van der Waals surface area contributed by atoms with E-state index in [2.05, 4.69) is 12.1 Å². The Bertz CT molecular complexity index is 1140. The molecule has 6 nitrogen and oxygen atoms in total. The molecule has 2 aliphatic rings. The summed E-state index contributed by atoms with van der Waals surface area (Å²) >= 11 is 0. The summed E-state index contributed by atoms with van der Waals surface area (Å²) in [5.41, 5.74) is 9.77. The lowest BCUT2D eigenvalue weighted by molar-refractivity contribution is -0.134. The van der Waals surface area contributed by atoms with Gasteiger partial charge in [-0.15, -0.1) is 0 Å². The molecule has 0 bridgehead atoms. The molecule has 0 aliphatic carbocycles. The molecule has 0 unspecified atom stereocenters. The van der Waals surface area contributed by atoms with E-state index in [-0.39, 0.29) is 12.5 Å². The van der Waals surface area contributed by atoms with E-state index >= 15 is 0 Å². The maximum absolute atomic E-state index is 12.8. The Kier molecular flexibility index (Phi) is 6.56. The minimum Gasteiger partial charge on any atom is -0.483 e.